The Labute approximate surface area is 116 Å². The molecule has 18 heavy (non-hydrogen) atoms. The van der Waals surface area contributed by atoms with Gasteiger partial charge in [0.2, 0.25) is 0 Å². The second kappa shape index (κ2) is 5.69. The number of likely N-dealkylation sites (tertiary alicyclic amines) is 1. The number of hydrogen-bond donors (Lipinski definition) is 1. The Morgan fingerprint density at radius 3 is 3.06 bits per heavy atom. The number of pyridine rings is 1. The van der Waals surface area contributed by atoms with Crippen LogP contribution in [0.5, 0.6) is 0 Å². The van der Waals surface area contributed by atoms with Gasteiger partial charge < -0.3 is 10.6 Å². The number of nitrogens with zero attached hydrogens (tertiary/aromatic N) is 2. The van der Waals surface area contributed by atoms with Crippen LogP contribution in [-0.2, 0) is 0 Å². The van der Waals surface area contributed by atoms with Gasteiger partial charge in [0.25, 0.3) is 5.91 Å². The van der Waals surface area contributed by atoms with E-state index in [0.717, 1.165) is 30.4 Å². The van der Waals surface area contributed by atoms with Crippen molar-refractivity contribution in [1.82, 2.24) is 9.88 Å². The Morgan fingerprint density at radius 1 is 1.50 bits per heavy atom. The molecule has 1 amide bonds. The molecule has 0 saturated carbocycles. The normalized spacial score (nSPS) is 20.6. The van der Waals surface area contributed by atoms with Gasteiger partial charge in [0.15, 0.2) is 0 Å². The maximum absolute atomic E-state index is 12.4. The van der Waals surface area contributed by atoms with Gasteiger partial charge in [-0.05, 0) is 47.2 Å². The summed E-state index contributed by atoms with van der Waals surface area (Å²) in [5.41, 5.74) is 6.28. The third-order valence-corrected chi connectivity index (χ3v) is 3.85. The molecule has 1 atom stereocenters. The van der Waals surface area contributed by atoms with Gasteiger partial charge in [0.05, 0.1) is 5.56 Å². The fraction of sp³-hybridized carbons (Fsp3) is 0.538. The van der Waals surface area contributed by atoms with Gasteiger partial charge in [-0.15, -0.1) is 0 Å². The van der Waals surface area contributed by atoms with Gasteiger partial charge >= 0.3 is 0 Å². The molecule has 1 aliphatic heterocycles. The number of aromatic nitrogens is 1. The van der Waals surface area contributed by atoms with E-state index in [4.69, 9.17) is 5.73 Å². The van der Waals surface area contributed by atoms with Crippen molar-refractivity contribution in [3.05, 3.63) is 22.3 Å². The predicted molar refractivity (Wildman–Crippen MR) is 75.3 cm³/mol. The van der Waals surface area contributed by atoms with E-state index in [1.807, 2.05) is 4.90 Å². The van der Waals surface area contributed by atoms with Crippen LogP contribution in [0.4, 0.5) is 5.82 Å². The highest BCUT2D eigenvalue weighted by atomic mass is 79.9. The standard InChI is InChI=1S/C13H18BrN3O/c1-9-3-2-5-17(6-4-9)13(18)11-7-10(14)8-16-12(11)15/h7-9H,2-6H2,1H3,(H2,15,16). The van der Waals surface area contributed by atoms with Crippen LogP contribution in [0.1, 0.15) is 36.5 Å². The average Bonchev–Trinajstić information content (AvgIpc) is 2.56. The van der Waals surface area contributed by atoms with E-state index in [9.17, 15) is 4.79 Å². The molecule has 2 heterocycles. The highest BCUT2D eigenvalue weighted by Gasteiger charge is 2.21. The number of hydrogen-bond acceptors (Lipinski definition) is 3. The summed E-state index contributed by atoms with van der Waals surface area (Å²) in [5.74, 6) is 0.997. The number of nitrogens with two attached hydrogens (primary N) is 1. The molecular weight excluding hydrogens is 294 g/mol. The summed E-state index contributed by atoms with van der Waals surface area (Å²) < 4.78 is 0.781. The van der Waals surface area contributed by atoms with Gasteiger partial charge in [0.1, 0.15) is 5.82 Å². The zero-order valence-electron chi connectivity index (χ0n) is 10.5. The highest BCUT2D eigenvalue weighted by molar-refractivity contribution is 9.10. The molecule has 2 rings (SSSR count). The monoisotopic (exact) mass is 311 g/mol. The number of carbonyl (C=O) groups excluding carboxylic acids is 1. The minimum Gasteiger partial charge on any atom is -0.383 e. The first-order valence-electron chi connectivity index (χ1n) is 6.28. The zero-order chi connectivity index (χ0) is 13.1. The van der Waals surface area contributed by atoms with Crippen molar-refractivity contribution >= 4 is 27.7 Å². The second-order valence-corrected chi connectivity index (χ2v) is 5.83. The summed E-state index contributed by atoms with van der Waals surface area (Å²) in [6.45, 7) is 3.87. The lowest BCUT2D eigenvalue weighted by atomic mass is 10.0. The maximum Gasteiger partial charge on any atom is 0.257 e. The summed E-state index contributed by atoms with van der Waals surface area (Å²) in [5, 5.41) is 0. The Balaban J connectivity index is 2.17. The molecule has 2 N–H and O–H groups in total. The molecule has 0 aliphatic carbocycles. The Kier molecular flexibility index (Phi) is 4.22. The molecule has 4 nitrogen and oxygen atoms in total. The van der Waals surface area contributed by atoms with Gasteiger partial charge in [-0.2, -0.15) is 0 Å². The van der Waals surface area contributed by atoms with Gasteiger partial charge in [-0.25, -0.2) is 4.98 Å². The minimum absolute atomic E-state index is 0.00426. The van der Waals surface area contributed by atoms with Crippen LogP contribution < -0.4 is 5.73 Å². The number of halogens is 1. The van der Waals surface area contributed by atoms with Crippen LogP contribution in [-0.4, -0.2) is 28.9 Å². The molecule has 1 fully saturated rings. The maximum atomic E-state index is 12.4. The van der Waals surface area contributed by atoms with Crippen LogP contribution in [0.25, 0.3) is 0 Å². The van der Waals surface area contributed by atoms with E-state index in [2.05, 4.69) is 27.8 Å². The average molecular weight is 312 g/mol. The smallest absolute Gasteiger partial charge is 0.257 e. The lowest BCUT2D eigenvalue weighted by Gasteiger charge is -2.21. The van der Waals surface area contributed by atoms with Crippen molar-refractivity contribution in [3.8, 4) is 0 Å². The summed E-state index contributed by atoms with van der Waals surface area (Å²) in [4.78, 5) is 18.3. The molecule has 5 heteroatoms. The van der Waals surface area contributed by atoms with E-state index in [1.54, 1.807) is 12.3 Å². The highest BCUT2D eigenvalue weighted by Crippen LogP contribution is 2.21. The lowest BCUT2D eigenvalue weighted by Crippen LogP contribution is -2.32. The molecular formula is C13H18BrN3O. The minimum atomic E-state index is -0.00426. The van der Waals surface area contributed by atoms with Gasteiger partial charge in [-0.1, -0.05) is 6.92 Å². The first-order chi connectivity index (χ1) is 8.58. The molecule has 0 radical (unpaired) electrons. The summed E-state index contributed by atoms with van der Waals surface area (Å²) in [6.07, 6.45) is 4.92. The number of nitrogen functional groups attached to an aromatic ring is 1. The summed E-state index contributed by atoms with van der Waals surface area (Å²) >= 11 is 3.32. The van der Waals surface area contributed by atoms with E-state index in [-0.39, 0.29) is 5.91 Å². The lowest BCUT2D eigenvalue weighted by molar-refractivity contribution is 0.0761. The van der Waals surface area contributed by atoms with Crippen LogP contribution >= 0.6 is 15.9 Å². The van der Waals surface area contributed by atoms with Crippen molar-refractivity contribution in [2.45, 2.75) is 26.2 Å². The fourth-order valence-corrected chi connectivity index (χ4v) is 2.59. The molecule has 1 aromatic rings. The van der Waals surface area contributed by atoms with Crippen LogP contribution in [0, 0.1) is 5.92 Å². The summed E-state index contributed by atoms with van der Waals surface area (Å²) in [6, 6.07) is 1.75. The Morgan fingerprint density at radius 2 is 2.28 bits per heavy atom. The van der Waals surface area contributed by atoms with Crippen LogP contribution in [0.15, 0.2) is 16.7 Å². The first-order valence-corrected chi connectivity index (χ1v) is 7.07. The molecule has 0 bridgehead atoms. The Hall–Kier alpha value is -1.10. The number of rotatable bonds is 1. The molecule has 0 spiro atoms. The molecule has 98 valence electrons. The van der Waals surface area contributed by atoms with Crippen molar-refractivity contribution in [3.63, 3.8) is 0 Å². The van der Waals surface area contributed by atoms with Crippen molar-refractivity contribution in [2.75, 3.05) is 18.8 Å². The van der Waals surface area contributed by atoms with Crippen molar-refractivity contribution < 1.29 is 4.79 Å². The van der Waals surface area contributed by atoms with E-state index in [1.165, 1.54) is 6.42 Å². The first kappa shape index (κ1) is 13.3. The zero-order valence-corrected chi connectivity index (χ0v) is 12.1. The van der Waals surface area contributed by atoms with Gasteiger partial charge in [0, 0.05) is 23.8 Å². The van der Waals surface area contributed by atoms with E-state index in [0.29, 0.717) is 17.3 Å². The molecule has 1 aromatic heterocycles. The number of anilines is 1. The van der Waals surface area contributed by atoms with E-state index >= 15 is 0 Å². The molecule has 1 aliphatic rings. The number of carbonyl (C=O) groups is 1. The van der Waals surface area contributed by atoms with Crippen molar-refractivity contribution in [2.24, 2.45) is 5.92 Å². The molecule has 0 aromatic carbocycles. The summed E-state index contributed by atoms with van der Waals surface area (Å²) in [7, 11) is 0. The predicted octanol–water partition coefficient (Wildman–Crippen LogP) is 2.69. The quantitative estimate of drug-likeness (QED) is 0.867. The fourth-order valence-electron chi connectivity index (χ4n) is 2.26. The number of amides is 1. The third kappa shape index (κ3) is 3.02. The largest absolute Gasteiger partial charge is 0.383 e. The second-order valence-electron chi connectivity index (χ2n) is 4.91. The van der Waals surface area contributed by atoms with E-state index < -0.39 is 0 Å². The molecule has 1 saturated heterocycles. The Bertz CT molecular complexity index is 450. The third-order valence-electron chi connectivity index (χ3n) is 3.42. The van der Waals surface area contributed by atoms with Crippen molar-refractivity contribution in [1.29, 1.82) is 0 Å². The van der Waals surface area contributed by atoms with Crippen LogP contribution in [0.3, 0.4) is 0 Å². The topological polar surface area (TPSA) is 59.2 Å². The van der Waals surface area contributed by atoms with Gasteiger partial charge in [-0.3, -0.25) is 4.79 Å². The van der Waals surface area contributed by atoms with Crippen LogP contribution in [0.2, 0.25) is 0 Å². The molecule has 1 unspecified atom stereocenters. The SMILES string of the molecule is CC1CCCN(C(=O)c2cc(Br)cnc2N)CC1.